The van der Waals surface area contributed by atoms with Gasteiger partial charge in [-0.05, 0) is 39.2 Å². The molecule has 0 aromatic rings. The highest BCUT2D eigenvalue weighted by Crippen LogP contribution is 2.24. The van der Waals surface area contributed by atoms with Gasteiger partial charge in [-0.2, -0.15) is 0 Å². The molecule has 3 unspecified atom stereocenters. The summed E-state index contributed by atoms with van der Waals surface area (Å²) in [6, 6.07) is 0.356. The van der Waals surface area contributed by atoms with Gasteiger partial charge in [0.25, 0.3) is 0 Å². The van der Waals surface area contributed by atoms with Gasteiger partial charge in [0.15, 0.2) is 9.84 Å². The molecule has 0 saturated carbocycles. The molecular weight excluding hydrogens is 278 g/mol. The Morgan fingerprint density at radius 3 is 2.70 bits per heavy atom. The van der Waals surface area contributed by atoms with E-state index >= 15 is 0 Å². The number of carbonyl (C=O) groups excluding carboxylic acids is 1. The molecule has 2 saturated heterocycles. The van der Waals surface area contributed by atoms with Gasteiger partial charge < -0.3 is 11.1 Å². The topological polar surface area (TPSA) is 92.5 Å². The molecule has 0 aromatic carbocycles. The van der Waals surface area contributed by atoms with Crippen LogP contribution in [0.15, 0.2) is 0 Å². The zero-order chi connectivity index (χ0) is 15.0. The van der Waals surface area contributed by atoms with Crippen molar-refractivity contribution < 1.29 is 13.2 Å². The summed E-state index contributed by atoms with van der Waals surface area (Å²) >= 11 is 0. The lowest BCUT2D eigenvalue weighted by atomic mass is 10.0. The maximum atomic E-state index is 12.1. The van der Waals surface area contributed by atoms with E-state index in [2.05, 4.69) is 17.1 Å². The first-order valence-corrected chi connectivity index (χ1v) is 9.01. The maximum Gasteiger partial charge on any atom is 0.234 e. The minimum Gasteiger partial charge on any atom is -0.349 e. The summed E-state index contributed by atoms with van der Waals surface area (Å²) in [6.07, 6.45) is 1.53. The van der Waals surface area contributed by atoms with Crippen LogP contribution in [0.3, 0.4) is 0 Å². The summed E-state index contributed by atoms with van der Waals surface area (Å²) < 4.78 is 23.1. The summed E-state index contributed by atoms with van der Waals surface area (Å²) in [5.41, 5.74) is 5.07. The molecule has 20 heavy (non-hydrogen) atoms. The van der Waals surface area contributed by atoms with Crippen LogP contribution in [0.25, 0.3) is 0 Å². The number of carbonyl (C=O) groups is 1. The fourth-order valence-corrected chi connectivity index (χ4v) is 5.37. The quantitative estimate of drug-likeness (QED) is 0.720. The molecular formula is C13H25N3O3S. The van der Waals surface area contributed by atoms with Gasteiger partial charge in [0.2, 0.25) is 5.91 Å². The molecule has 1 amide bonds. The number of nitrogens with zero attached hydrogens (tertiary/aromatic N) is 1. The van der Waals surface area contributed by atoms with Crippen molar-refractivity contribution in [2.24, 2.45) is 11.7 Å². The molecule has 0 spiro atoms. The Labute approximate surface area is 121 Å². The van der Waals surface area contributed by atoms with Crippen LogP contribution in [0.2, 0.25) is 0 Å². The first kappa shape index (κ1) is 15.7. The van der Waals surface area contributed by atoms with E-state index in [1.165, 1.54) is 0 Å². The van der Waals surface area contributed by atoms with Crippen LogP contribution in [0.1, 0.15) is 26.7 Å². The highest BCUT2D eigenvalue weighted by atomic mass is 32.2. The number of hydrogen-bond donors (Lipinski definition) is 2. The second-order valence-corrected chi connectivity index (χ2v) is 8.75. The Balaban J connectivity index is 1.87. The molecule has 0 aromatic heterocycles. The van der Waals surface area contributed by atoms with Gasteiger partial charge in [-0.3, -0.25) is 9.69 Å². The van der Waals surface area contributed by atoms with E-state index in [0.717, 1.165) is 13.0 Å². The van der Waals surface area contributed by atoms with E-state index in [0.29, 0.717) is 31.5 Å². The Morgan fingerprint density at radius 2 is 2.20 bits per heavy atom. The molecule has 0 radical (unpaired) electrons. The number of rotatable bonds is 4. The van der Waals surface area contributed by atoms with Gasteiger partial charge >= 0.3 is 0 Å². The second kappa shape index (κ2) is 5.61. The van der Waals surface area contributed by atoms with Crippen LogP contribution in [-0.2, 0) is 14.6 Å². The Kier molecular flexibility index (Phi) is 4.41. The highest BCUT2D eigenvalue weighted by Gasteiger charge is 2.40. The van der Waals surface area contributed by atoms with Gasteiger partial charge in [-0.15, -0.1) is 0 Å². The van der Waals surface area contributed by atoms with Crippen molar-refractivity contribution in [3.05, 3.63) is 0 Å². The number of hydrogen-bond acceptors (Lipinski definition) is 5. The predicted octanol–water partition coefficient (Wildman–Crippen LogP) is -0.651. The van der Waals surface area contributed by atoms with Crippen molar-refractivity contribution in [3.63, 3.8) is 0 Å². The third-order valence-electron chi connectivity index (χ3n) is 4.42. The number of nitrogens with one attached hydrogen (secondary N) is 1. The number of nitrogens with two attached hydrogens (primary N) is 1. The lowest BCUT2D eigenvalue weighted by Crippen LogP contribution is -2.50. The number of amides is 1. The molecule has 2 fully saturated rings. The van der Waals surface area contributed by atoms with Crippen LogP contribution in [-0.4, -0.2) is 61.9 Å². The lowest BCUT2D eigenvalue weighted by Gasteiger charge is -2.27. The third-order valence-corrected chi connectivity index (χ3v) is 6.32. The zero-order valence-electron chi connectivity index (χ0n) is 12.3. The maximum absolute atomic E-state index is 12.1. The average Bonchev–Trinajstić information content (AvgIpc) is 2.79. The van der Waals surface area contributed by atoms with E-state index in [-0.39, 0.29) is 17.4 Å². The van der Waals surface area contributed by atoms with Crippen molar-refractivity contribution in [2.75, 3.05) is 31.1 Å². The van der Waals surface area contributed by atoms with E-state index in [4.69, 9.17) is 5.73 Å². The van der Waals surface area contributed by atoms with Gasteiger partial charge in [-0.1, -0.05) is 0 Å². The lowest BCUT2D eigenvalue weighted by molar-refractivity contribution is -0.123. The molecule has 0 aliphatic carbocycles. The minimum atomic E-state index is -3.00. The van der Waals surface area contributed by atoms with E-state index < -0.39 is 15.4 Å². The second-order valence-electron chi connectivity index (χ2n) is 6.57. The van der Waals surface area contributed by atoms with Crippen molar-refractivity contribution in [1.29, 1.82) is 0 Å². The number of sulfone groups is 1. The van der Waals surface area contributed by atoms with Crippen molar-refractivity contribution >= 4 is 15.7 Å². The Bertz CT molecular complexity index is 479. The zero-order valence-corrected chi connectivity index (χ0v) is 13.1. The summed E-state index contributed by atoms with van der Waals surface area (Å²) in [7, 11) is -3.00. The van der Waals surface area contributed by atoms with Gasteiger partial charge in [-0.25, -0.2) is 8.42 Å². The summed E-state index contributed by atoms with van der Waals surface area (Å²) in [5.74, 6) is 0.584. The van der Waals surface area contributed by atoms with E-state index in [1.807, 2.05) is 6.92 Å². The van der Waals surface area contributed by atoms with Crippen molar-refractivity contribution in [2.45, 2.75) is 38.3 Å². The van der Waals surface area contributed by atoms with Gasteiger partial charge in [0.05, 0.1) is 23.6 Å². The first-order valence-electron chi connectivity index (χ1n) is 7.18. The van der Waals surface area contributed by atoms with Crippen molar-refractivity contribution in [3.8, 4) is 0 Å². The van der Waals surface area contributed by atoms with Crippen LogP contribution >= 0.6 is 0 Å². The largest absolute Gasteiger partial charge is 0.349 e. The average molecular weight is 303 g/mol. The molecule has 0 bridgehead atoms. The fraction of sp³-hybridized carbons (Fsp3) is 0.923. The Morgan fingerprint density at radius 1 is 1.50 bits per heavy atom. The minimum absolute atomic E-state index is 0.0483. The summed E-state index contributed by atoms with van der Waals surface area (Å²) in [5, 5.41) is 2.90. The standard InChI is InChI=1S/C13H25N3O3S/c1-10-5-11(6-14)7-16(10)8-12(17)15-13(2)3-4-20(18,19)9-13/h10-11H,3-9,14H2,1-2H3,(H,15,17). The normalized spacial score (nSPS) is 37.1. The molecule has 116 valence electrons. The third kappa shape index (κ3) is 3.71. The molecule has 6 nitrogen and oxygen atoms in total. The molecule has 3 N–H and O–H groups in total. The molecule has 2 aliphatic rings. The highest BCUT2D eigenvalue weighted by molar-refractivity contribution is 7.91. The first-order chi connectivity index (χ1) is 9.23. The monoisotopic (exact) mass is 303 g/mol. The smallest absolute Gasteiger partial charge is 0.234 e. The molecule has 2 heterocycles. The predicted molar refractivity (Wildman–Crippen MR) is 78.0 cm³/mol. The van der Waals surface area contributed by atoms with Crippen LogP contribution < -0.4 is 11.1 Å². The fourth-order valence-electron chi connectivity index (χ4n) is 3.28. The van der Waals surface area contributed by atoms with Crippen molar-refractivity contribution in [1.82, 2.24) is 10.2 Å². The van der Waals surface area contributed by atoms with E-state index in [9.17, 15) is 13.2 Å². The molecule has 2 rings (SSSR count). The Hall–Kier alpha value is -0.660. The van der Waals surface area contributed by atoms with Crippen LogP contribution in [0.5, 0.6) is 0 Å². The van der Waals surface area contributed by atoms with Crippen LogP contribution in [0, 0.1) is 5.92 Å². The molecule has 3 atom stereocenters. The SMILES string of the molecule is CC1CC(CN)CN1CC(=O)NC1(C)CCS(=O)(=O)C1. The summed E-state index contributed by atoms with van der Waals surface area (Å²) in [6.45, 7) is 5.74. The van der Waals surface area contributed by atoms with E-state index in [1.54, 1.807) is 0 Å². The molecule has 2 aliphatic heterocycles. The number of likely N-dealkylation sites (tertiary alicyclic amines) is 1. The van der Waals surface area contributed by atoms with Crippen LogP contribution in [0.4, 0.5) is 0 Å². The molecule has 7 heteroatoms. The van der Waals surface area contributed by atoms with Gasteiger partial charge in [0, 0.05) is 12.6 Å². The van der Waals surface area contributed by atoms with Gasteiger partial charge in [0.1, 0.15) is 0 Å². The summed E-state index contributed by atoms with van der Waals surface area (Å²) in [4.78, 5) is 14.3.